The minimum Gasteiger partial charge on any atom is -0.481 e. The number of hydrogen-bond donors (Lipinski definition) is 1. The molecule has 1 rings (SSSR count). The smallest absolute Gasteiger partial charge is 0.304 e. The van der Waals surface area contributed by atoms with Crippen LogP contribution in [0.5, 0.6) is 0 Å². The Bertz CT molecular complexity index is 376. The van der Waals surface area contributed by atoms with Crippen molar-refractivity contribution in [2.24, 2.45) is 0 Å². The molecule has 1 aromatic rings. The van der Waals surface area contributed by atoms with Crippen molar-refractivity contribution in [3.63, 3.8) is 0 Å². The lowest BCUT2D eigenvalue weighted by atomic mass is 10.1. The van der Waals surface area contributed by atoms with E-state index in [-0.39, 0.29) is 16.9 Å². The van der Waals surface area contributed by atoms with Crippen LogP contribution in [-0.2, 0) is 4.79 Å². The maximum atomic E-state index is 10.4. The lowest BCUT2D eigenvalue weighted by molar-refractivity contribution is -0.384. The largest absolute Gasteiger partial charge is 0.481 e. The number of aliphatic carboxylic acids is 1. The van der Waals surface area contributed by atoms with Crippen molar-refractivity contribution in [1.82, 2.24) is 0 Å². The zero-order chi connectivity index (χ0) is 11.4. The normalized spacial score (nSPS) is 12.1. The number of carbonyl (C=O) groups is 1. The first kappa shape index (κ1) is 11.6. The summed E-state index contributed by atoms with van der Waals surface area (Å²) in [7, 11) is 0. The zero-order valence-electron chi connectivity index (χ0n) is 7.59. The highest BCUT2D eigenvalue weighted by Gasteiger charge is 2.13. The molecule has 0 amide bonds. The van der Waals surface area contributed by atoms with E-state index in [2.05, 4.69) is 15.9 Å². The van der Waals surface area contributed by atoms with Crippen molar-refractivity contribution in [3.8, 4) is 0 Å². The van der Waals surface area contributed by atoms with Gasteiger partial charge in [0.15, 0.2) is 0 Å². The van der Waals surface area contributed by atoms with Crippen LogP contribution in [0.1, 0.15) is 16.8 Å². The molecule has 0 aliphatic heterocycles. The molecule has 0 saturated heterocycles. The van der Waals surface area contributed by atoms with Gasteiger partial charge in [0.05, 0.1) is 11.3 Å². The van der Waals surface area contributed by atoms with Gasteiger partial charge in [0, 0.05) is 17.0 Å². The highest BCUT2D eigenvalue weighted by Crippen LogP contribution is 2.27. The van der Waals surface area contributed by atoms with Gasteiger partial charge < -0.3 is 5.11 Å². The second-order valence-electron chi connectivity index (χ2n) is 2.91. The Balaban J connectivity index is 2.79. The highest BCUT2D eigenvalue weighted by molar-refractivity contribution is 9.09. The summed E-state index contributed by atoms with van der Waals surface area (Å²) in [4.78, 5) is 20.0. The molecule has 0 radical (unpaired) electrons. The molecule has 1 atom stereocenters. The summed E-state index contributed by atoms with van der Waals surface area (Å²) in [6, 6.07) is 5.79. The van der Waals surface area contributed by atoms with Crippen molar-refractivity contribution in [2.75, 3.05) is 0 Å². The van der Waals surface area contributed by atoms with Gasteiger partial charge in [-0.05, 0) is 5.56 Å². The van der Waals surface area contributed by atoms with Gasteiger partial charge in [-0.15, -0.1) is 0 Å². The van der Waals surface area contributed by atoms with E-state index in [1.807, 2.05) is 0 Å². The van der Waals surface area contributed by atoms with Crippen molar-refractivity contribution < 1.29 is 14.8 Å². The van der Waals surface area contributed by atoms with Crippen molar-refractivity contribution >= 4 is 27.6 Å². The number of halogens is 1. The van der Waals surface area contributed by atoms with Gasteiger partial charge in [-0.2, -0.15) is 0 Å². The summed E-state index contributed by atoms with van der Waals surface area (Å²) in [6.07, 6.45) is -0.0577. The molecule has 1 N–H and O–H groups in total. The molecular formula is C9H8BrNO4. The van der Waals surface area contributed by atoms with Gasteiger partial charge >= 0.3 is 5.97 Å². The lowest BCUT2D eigenvalue weighted by Crippen LogP contribution is -2.00. The molecule has 0 spiro atoms. The van der Waals surface area contributed by atoms with Crippen LogP contribution in [0.2, 0.25) is 0 Å². The molecule has 1 unspecified atom stereocenters. The number of rotatable bonds is 4. The van der Waals surface area contributed by atoms with E-state index in [0.717, 1.165) is 0 Å². The van der Waals surface area contributed by atoms with Crippen LogP contribution >= 0.6 is 15.9 Å². The molecular weight excluding hydrogens is 266 g/mol. The summed E-state index contributed by atoms with van der Waals surface area (Å²) in [5.74, 6) is -0.921. The summed E-state index contributed by atoms with van der Waals surface area (Å²) < 4.78 is 0. The van der Waals surface area contributed by atoms with E-state index in [0.29, 0.717) is 5.56 Å². The molecule has 0 aliphatic carbocycles. The number of nitro groups is 1. The van der Waals surface area contributed by atoms with Crippen LogP contribution in [0.25, 0.3) is 0 Å². The second-order valence-corrected chi connectivity index (χ2v) is 4.02. The van der Waals surface area contributed by atoms with Crippen LogP contribution in [0.15, 0.2) is 24.3 Å². The molecule has 0 bridgehead atoms. The Labute approximate surface area is 94.0 Å². The minimum absolute atomic E-state index is 0.00576. The number of alkyl halides is 1. The number of carboxylic acids is 1. The summed E-state index contributed by atoms with van der Waals surface area (Å²) in [5.41, 5.74) is 0.705. The monoisotopic (exact) mass is 273 g/mol. The molecule has 1 aromatic carbocycles. The third kappa shape index (κ3) is 3.32. The van der Waals surface area contributed by atoms with Crippen LogP contribution in [-0.4, -0.2) is 16.0 Å². The van der Waals surface area contributed by atoms with E-state index >= 15 is 0 Å². The molecule has 0 fully saturated rings. The van der Waals surface area contributed by atoms with Gasteiger partial charge in [0.25, 0.3) is 5.69 Å². The Morgan fingerprint density at radius 1 is 1.47 bits per heavy atom. The number of benzene rings is 1. The Morgan fingerprint density at radius 2 is 2.00 bits per heavy atom. The molecule has 0 heterocycles. The topological polar surface area (TPSA) is 80.4 Å². The Kier molecular flexibility index (Phi) is 3.79. The Morgan fingerprint density at radius 3 is 2.40 bits per heavy atom. The molecule has 80 valence electrons. The van der Waals surface area contributed by atoms with Crippen molar-refractivity contribution in [3.05, 3.63) is 39.9 Å². The number of carboxylic acid groups (broad SMARTS) is 1. The summed E-state index contributed by atoms with van der Waals surface area (Å²) in [6.45, 7) is 0. The first-order chi connectivity index (χ1) is 7.00. The standard InChI is InChI=1S/C9H8BrNO4/c10-8(5-9(12)13)6-1-3-7(4-2-6)11(14)15/h1-4,8H,5H2,(H,12,13). The van der Waals surface area contributed by atoms with Gasteiger partial charge in [0.2, 0.25) is 0 Å². The number of non-ortho nitro benzene ring substituents is 1. The molecule has 0 aromatic heterocycles. The minimum atomic E-state index is -0.921. The molecule has 5 nitrogen and oxygen atoms in total. The number of nitrogens with zero attached hydrogens (tertiary/aromatic N) is 1. The first-order valence-corrected chi connectivity index (χ1v) is 5.02. The molecule has 6 heteroatoms. The average Bonchev–Trinajstić information content (AvgIpc) is 2.17. The SMILES string of the molecule is O=C(O)CC(Br)c1ccc([N+](=O)[O-])cc1. The maximum Gasteiger partial charge on any atom is 0.304 e. The summed E-state index contributed by atoms with van der Waals surface area (Å²) in [5, 5.41) is 18.9. The van der Waals surface area contributed by atoms with E-state index < -0.39 is 10.9 Å². The van der Waals surface area contributed by atoms with Crippen LogP contribution < -0.4 is 0 Å². The van der Waals surface area contributed by atoms with E-state index in [9.17, 15) is 14.9 Å². The first-order valence-electron chi connectivity index (χ1n) is 4.11. The highest BCUT2D eigenvalue weighted by atomic mass is 79.9. The van der Waals surface area contributed by atoms with Crippen LogP contribution in [0.4, 0.5) is 5.69 Å². The van der Waals surface area contributed by atoms with Crippen molar-refractivity contribution in [1.29, 1.82) is 0 Å². The lowest BCUT2D eigenvalue weighted by Gasteiger charge is -2.06. The maximum absolute atomic E-state index is 10.4. The van der Waals surface area contributed by atoms with Crippen LogP contribution in [0.3, 0.4) is 0 Å². The zero-order valence-corrected chi connectivity index (χ0v) is 9.18. The van der Waals surface area contributed by atoms with Crippen molar-refractivity contribution in [2.45, 2.75) is 11.2 Å². The third-order valence-corrected chi connectivity index (χ3v) is 2.67. The number of hydrogen-bond acceptors (Lipinski definition) is 3. The van der Waals surface area contributed by atoms with E-state index in [1.54, 1.807) is 12.1 Å². The quantitative estimate of drug-likeness (QED) is 0.519. The van der Waals surface area contributed by atoms with Gasteiger partial charge in [0.1, 0.15) is 0 Å². The number of nitro benzene ring substituents is 1. The average molecular weight is 274 g/mol. The van der Waals surface area contributed by atoms with E-state index in [1.165, 1.54) is 12.1 Å². The second kappa shape index (κ2) is 4.88. The third-order valence-electron chi connectivity index (χ3n) is 1.82. The van der Waals surface area contributed by atoms with E-state index in [4.69, 9.17) is 5.11 Å². The fourth-order valence-electron chi connectivity index (χ4n) is 1.08. The fraction of sp³-hybridized carbons (Fsp3) is 0.222. The summed E-state index contributed by atoms with van der Waals surface area (Å²) >= 11 is 3.20. The molecule has 15 heavy (non-hydrogen) atoms. The van der Waals surface area contributed by atoms with Crippen LogP contribution in [0, 0.1) is 10.1 Å². The molecule has 0 saturated carbocycles. The van der Waals surface area contributed by atoms with Gasteiger partial charge in [-0.1, -0.05) is 28.1 Å². The predicted molar refractivity (Wildman–Crippen MR) is 57.0 cm³/mol. The Hall–Kier alpha value is -1.43. The van der Waals surface area contributed by atoms with Gasteiger partial charge in [-0.3, -0.25) is 14.9 Å². The molecule has 0 aliphatic rings. The van der Waals surface area contributed by atoms with Gasteiger partial charge in [-0.25, -0.2) is 0 Å². The predicted octanol–water partition coefficient (Wildman–Crippen LogP) is 2.51. The fourth-order valence-corrected chi connectivity index (χ4v) is 1.66.